The van der Waals surface area contributed by atoms with Crippen LogP contribution in [0.4, 0.5) is 0 Å². The smallest absolute Gasteiger partial charge is 0.279 e. The Balaban J connectivity index is 2.11. The van der Waals surface area contributed by atoms with E-state index in [2.05, 4.69) is 4.99 Å². The first-order chi connectivity index (χ1) is 13.3. The lowest BCUT2D eigenvalue weighted by Gasteiger charge is -2.04. The predicted molar refractivity (Wildman–Crippen MR) is 119 cm³/mol. The van der Waals surface area contributed by atoms with Crippen LogP contribution in [0.1, 0.15) is 10.4 Å². The number of rotatable bonds is 6. The second-order valence-corrected chi connectivity index (χ2v) is 11.0. The first-order valence-corrected chi connectivity index (χ1v) is 13.7. The third-order valence-electron chi connectivity index (χ3n) is 4.14. The molecule has 0 saturated carbocycles. The number of amides is 1. The number of hydrogen-bond donors (Lipinski definition) is 0. The minimum Gasteiger partial charge on any atom is -0.316 e. The van der Waals surface area contributed by atoms with Gasteiger partial charge in [0.15, 0.2) is 14.6 Å². The van der Waals surface area contributed by atoms with Crippen molar-refractivity contribution in [3.05, 3.63) is 52.8 Å². The van der Waals surface area contributed by atoms with Crippen LogP contribution >= 0.6 is 34.9 Å². The van der Waals surface area contributed by atoms with E-state index < -0.39 is 9.84 Å². The summed E-state index contributed by atoms with van der Waals surface area (Å²) in [4.78, 5) is 18.9. The predicted octanol–water partition coefficient (Wildman–Crippen LogP) is 3.93. The van der Waals surface area contributed by atoms with Gasteiger partial charge in [0.05, 0.1) is 15.1 Å². The van der Waals surface area contributed by atoms with Gasteiger partial charge in [0, 0.05) is 29.0 Å². The van der Waals surface area contributed by atoms with Crippen molar-refractivity contribution < 1.29 is 13.2 Å². The van der Waals surface area contributed by atoms with Gasteiger partial charge < -0.3 is 4.57 Å². The van der Waals surface area contributed by atoms with Crippen LogP contribution in [0, 0.1) is 0 Å². The minimum atomic E-state index is -3.29. The Morgan fingerprint density at radius 1 is 1.14 bits per heavy atom. The third-order valence-corrected chi connectivity index (χ3v) is 7.62. The molecule has 5 nitrogen and oxygen atoms in total. The molecule has 0 aliphatic heterocycles. The van der Waals surface area contributed by atoms with E-state index in [1.165, 1.54) is 17.6 Å². The standard InChI is InChI=1S/C19H20N2O3S4/c1-25-11-10-21-16-9-8-15(28(3,23)24)12-17(16)27-19(21)20-18(22)13-4-6-14(26-2)7-5-13/h4-9,12H,10-11H2,1-3H3. The van der Waals surface area contributed by atoms with E-state index in [-0.39, 0.29) is 10.8 Å². The molecule has 0 spiro atoms. The van der Waals surface area contributed by atoms with Crippen molar-refractivity contribution in [2.75, 3.05) is 24.5 Å². The maximum Gasteiger partial charge on any atom is 0.279 e. The molecule has 1 heterocycles. The summed E-state index contributed by atoms with van der Waals surface area (Å²) in [5.74, 6) is 0.559. The molecule has 28 heavy (non-hydrogen) atoms. The van der Waals surface area contributed by atoms with E-state index in [4.69, 9.17) is 0 Å². The second kappa shape index (κ2) is 8.86. The lowest BCUT2D eigenvalue weighted by Crippen LogP contribution is -2.18. The zero-order valence-corrected chi connectivity index (χ0v) is 19.0. The summed E-state index contributed by atoms with van der Waals surface area (Å²) in [6.45, 7) is 0.691. The van der Waals surface area contributed by atoms with Crippen LogP contribution < -0.4 is 4.80 Å². The van der Waals surface area contributed by atoms with Gasteiger partial charge in [-0.1, -0.05) is 11.3 Å². The Labute approximate surface area is 176 Å². The highest BCUT2D eigenvalue weighted by Crippen LogP contribution is 2.22. The van der Waals surface area contributed by atoms with Gasteiger partial charge in [-0.2, -0.15) is 16.8 Å². The molecule has 2 aromatic carbocycles. The molecule has 0 aliphatic rings. The molecule has 9 heteroatoms. The molecule has 0 saturated heterocycles. The van der Waals surface area contributed by atoms with E-state index in [9.17, 15) is 13.2 Å². The number of benzene rings is 2. The van der Waals surface area contributed by atoms with Crippen molar-refractivity contribution >= 4 is 60.8 Å². The summed E-state index contributed by atoms with van der Waals surface area (Å²) < 4.78 is 26.5. The number of hydrogen-bond acceptors (Lipinski definition) is 6. The topological polar surface area (TPSA) is 68.5 Å². The number of carbonyl (C=O) groups is 1. The summed E-state index contributed by atoms with van der Waals surface area (Å²) in [6.07, 6.45) is 5.20. The quantitative estimate of drug-likeness (QED) is 0.530. The number of carbonyl (C=O) groups excluding carboxylic acids is 1. The van der Waals surface area contributed by atoms with Crippen LogP contribution in [-0.2, 0) is 16.4 Å². The van der Waals surface area contributed by atoms with Crippen molar-refractivity contribution in [2.45, 2.75) is 16.3 Å². The summed E-state index contributed by atoms with van der Waals surface area (Å²) in [5.41, 5.74) is 1.42. The molecule has 1 aromatic heterocycles. The molecule has 148 valence electrons. The number of nitrogens with zero attached hydrogens (tertiary/aromatic N) is 2. The fourth-order valence-electron chi connectivity index (χ4n) is 2.65. The fourth-order valence-corrected chi connectivity index (χ4v) is 5.24. The second-order valence-electron chi connectivity index (χ2n) is 6.08. The largest absolute Gasteiger partial charge is 0.316 e. The molecule has 3 rings (SSSR count). The summed E-state index contributed by atoms with van der Waals surface area (Å²) in [6, 6.07) is 12.4. The first-order valence-electron chi connectivity index (χ1n) is 8.39. The molecule has 0 fully saturated rings. The van der Waals surface area contributed by atoms with Crippen LogP contribution in [0.2, 0.25) is 0 Å². The molecule has 0 N–H and O–H groups in total. The van der Waals surface area contributed by atoms with Gasteiger partial charge in [0.25, 0.3) is 5.91 Å². The number of aryl methyl sites for hydroxylation is 1. The van der Waals surface area contributed by atoms with E-state index in [1.807, 2.05) is 29.2 Å². The highest BCUT2D eigenvalue weighted by Gasteiger charge is 2.13. The van der Waals surface area contributed by atoms with Crippen LogP contribution in [0.3, 0.4) is 0 Å². The third kappa shape index (κ3) is 4.71. The monoisotopic (exact) mass is 452 g/mol. The molecule has 0 atom stereocenters. The molecule has 0 radical (unpaired) electrons. The zero-order chi connectivity index (χ0) is 20.3. The van der Waals surface area contributed by atoms with Gasteiger partial charge in [-0.25, -0.2) is 8.42 Å². The van der Waals surface area contributed by atoms with Gasteiger partial charge in [-0.3, -0.25) is 4.79 Å². The van der Waals surface area contributed by atoms with Gasteiger partial charge in [-0.05, 0) is 55.0 Å². The molecule has 3 aromatic rings. The van der Waals surface area contributed by atoms with Crippen LogP contribution in [-0.4, -0.2) is 43.4 Å². The fraction of sp³-hybridized carbons (Fsp3) is 0.263. The number of thiazole rings is 1. The van der Waals surface area contributed by atoms with Gasteiger partial charge in [0.2, 0.25) is 0 Å². The summed E-state index contributed by atoms with van der Waals surface area (Å²) in [7, 11) is -3.29. The van der Waals surface area contributed by atoms with Crippen LogP contribution in [0.15, 0.2) is 57.2 Å². The SMILES string of the molecule is CSCCn1c(=NC(=O)c2ccc(SC)cc2)sc2cc(S(C)(=O)=O)ccc21. The molecule has 0 unspecified atom stereocenters. The molecule has 0 bridgehead atoms. The van der Waals surface area contributed by atoms with Gasteiger partial charge >= 0.3 is 0 Å². The number of sulfone groups is 1. The minimum absolute atomic E-state index is 0.267. The van der Waals surface area contributed by atoms with Crippen molar-refractivity contribution in [3.63, 3.8) is 0 Å². The van der Waals surface area contributed by atoms with E-state index in [0.717, 1.165) is 20.9 Å². The number of aromatic nitrogens is 1. The van der Waals surface area contributed by atoms with Crippen molar-refractivity contribution in [3.8, 4) is 0 Å². The highest BCUT2D eigenvalue weighted by atomic mass is 32.2. The summed E-state index contributed by atoms with van der Waals surface area (Å²) >= 11 is 4.65. The van der Waals surface area contributed by atoms with E-state index >= 15 is 0 Å². The highest BCUT2D eigenvalue weighted by molar-refractivity contribution is 7.98. The lowest BCUT2D eigenvalue weighted by molar-refractivity contribution is 0.0998. The van der Waals surface area contributed by atoms with Crippen molar-refractivity contribution in [1.29, 1.82) is 0 Å². The summed E-state index contributed by atoms with van der Waals surface area (Å²) in [5, 5.41) is 0. The average Bonchev–Trinajstić information content (AvgIpc) is 3.01. The Kier molecular flexibility index (Phi) is 6.69. The van der Waals surface area contributed by atoms with Gasteiger partial charge in [0.1, 0.15) is 0 Å². The zero-order valence-electron chi connectivity index (χ0n) is 15.7. The number of fused-ring (bicyclic) bond motifs is 1. The normalized spacial score (nSPS) is 12.6. The number of thioether (sulfide) groups is 2. The molecule has 0 aliphatic carbocycles. The van der Waals surface area contributed by atoms with Crippen LogP contribution in [0.5, 0.6) is 0 Å². The molecular weight excluding hydrogens is 432 g/mol. The van der Waals surface area contributed by atoms with Crippen molar-refractivity contribution in [2.24, 2.45) is 4.99 Å². The molecular formula is C19H20N2O3S4. The Hall–Kier alpha value is -1.55. The van der Waals surface area contributed by atoms with Crippen LogP contribution in [0.25, 0.3) is 10.2 Å². The van der Waals surface area contributed by atoms with Crippen molar-refractivity contribution in [1.82, 2.24) is 4.57 Å². The molecule has 1 amide bonds. The Morgan fingerprint density at radius 2 is 1.86 bits per heavy atom. The van der Waals surface area contributed by atoms with Gasteiger partial charge in [-0.15, -0.1) is 11.8 Å². The lowest BCUT2D eigenvalue weighted by atomic mass is 10.2. The maximum atomic E-state index is 12.7. The van der Waals surface area contributed by atoms with E-state index in [1.54, 1.807) is 53.9 Å². The van der Waals surface area contributed by atoms with E-state index in [0.29, 0.717) is 16.9 Å². The first kappa shape index (κ1) is 21.2. The Morgan fingerprint density at radius 3 is 2.46 bits per heavy atom. The average molecular weight is 453 g/mol. The Bertz CT molecular complexity index is 1180. The maximum absolute atomic E-state index is 12.7.